The fraction of sp³-hybridized carbons (Fsp3) is 0.321. The Morgan fingerprint density at radius 1 is 1.11 bits per heavy atom. The van der Waals surface area contributed by atoms with Crippen LogP contribution < -0.4 is 10.2 Å². The van der Waals surface area contributed by atoms with Gasteiger partial charge in [0.25, 0.3) is 0 Å². The lowest BCUT2D eigenvalue weighted by atomic mass is 9.85. The molecule has 3 heterocycles. The van der Waals surface area contributed by atoms with Crippen LogP contribution in [0.5, 0.6) is 5.75 Å². The van der Waals surface area contributed by atoms with E-state index in [1.807, 2.05) is 57.8 Å². The Hall–Kier alpha value is -3.87. The molecular weight excluding hydrogens is 442 g/mol. The lowest BCUT2D eigenvalue weighted by molar-refractivity contribution is 0.0522. The number of nitrogens with zero attached hydrogens (tertiary/aromatic N) is 3. The van der Waals surface area contributed by atoms with Crippen molar-refractivity contribution in [2.24, 2.45) is 5.41 Å². The van der Waals surface area contributed by atoms with Gasteiger partial charge in [0, 0.05) is 17.6 Å². The van der Waals surface area contributed by atoms with Gasteiger partial charge in [0.15, 0.2) is 5.43 Å². The maximum Gasteiger partial charge on any atom is 0.343 e. The Morgan fingerprint density at radius 2 is 1.89 bits per heavy atom. The Kier molecular flexibility index (Phi) is 5.71. The van der Waals surface area contributed by atoms with Crippen LogP contribution in [-0.4, -0.2) is 26.9 Å². The highest BCUT2D eigenvalue weighted by Crippen LogP contribution is 2.43. The van der Waals surface area contributed by atoms with Crippen LogP contribution in [0.4, 0.5) is 0 Å². The normalized spacial score (nSPS) is 14.9. The van der Waals surface area contributed by atoms with Gasteiger partial charge in [-0.15, -0.1) is 0 Å². The molecule has 0 saturated heterocycles. The predicted octanol–water partition coefficient (Wildman–Crippen LogP) is 5.22. The van der Waals surface area contributed by atoms with Gasteiger partial charge in [-0.05, 0) is 24.0 Å². The molecule has 1 aliphatic rings. The zero-order valence-corrected chi connectivity index (χ0v) is 20.4. The van der Waals surface area contributed by atoms with E-state index < -0.39 is 5.97 Å². The summed E-state index contributed by atoms with van der Waals surface area (Å²) in [5.41, 5.74) is 2.94. The summed E-state index contributed by atoms with van der Waals surface area (Å²) in [6.07, 6.45) is 1.66. The van der Waals surface area contributed by atoms with E-state index in [4.69, 9.17) is 14.6 Å². The minimum atomic E-state index is -0.596. The second-order valence-corrected chi connectivity index (χ2v) is 9.90. The highest BCUT2D eigenvalue weighted by atomic mass is 16.5. The first-order valence-corrected chi connectivity index (χ1v) is 11.9. The van der Waals surface area contributed by atoms with Crippen molar-refractivity contribution >= 4 is 16.9 Å². The molecule has 0 spiro atoms. The molecule has 0 saturated carbocycles. The van der Waals surface area contributed by atoms with Gasteiger partial charge in [0.05, 0.1) is 30.6 Å². The molecular formula is C28H29N3O4. The van der Waals surface area contributed by atoms with Crippen molar-refractivity contribution in [3.63, 3.8) is 0 Å². The van der Waals surface area contributed by atoms with E-state index in [0.717, 1.165) is 27.9 Å². The molecule has 1 atom stereocenters. The van der Waals surface area contributed by atoms with Crippen molar-refractivity contribution in [2.45, 2.75) is 46.9 Å². The predicted molar refractivity (Wildman–Crippen MR) is 135 cm³/mol. The summed E-state index contributed by atoms with van der Waals surface area (Å²) in [5, 5.41) is 5.83. The van der Waals surface area contributed by atoms with Gasteiger partial charge in [-0.1, -0.05) is 63.2 Å². The first kappa shape index (κ1) is 22.9. The Bertz CT molecular complexity index is 1460. The van der Waals surface area contributed by atoms with E-state index in [1.165, 1.54) is 6.07 Å². The van der Waals surface area contributed by atoms with Crippen molar-refractivity contribution in [2.75, 3.05) is 6.61 Å². The SMILES string of the molecule is CCOC(=O)c1cn2c(cc1=O)-c1c3cccc(OCc4ccccc4)c3nn1CC2C(C)(C)C. The molecule has 5 rings (SSSR count). The Morgan fingerprint density at radius 3 is 2.60 bits per heavy atom. The summed E-state index contributed by atoms with van der Waals surface area (Å²) < 4.78 is 15.3. The van der Waals surface area contributed by atoms with E-state index in [-0.39, 0.29) is 29.1 Å². The molecule has 0 fully saturated rings. The molecule has 1 unspecified atom stereocenters. The number of aromatic nitrogens is 3. The Labute approximate surface area is 203 Å². The third-order valence-corrected chi connectivity index (χ3v) is 6.47. The second-order valence-electron chi connectivity index (χ2n) is 9.90. The van der Waals surface area contributed by atoms with Crippen molar-refractivity contribution in [3.8, 4) is 17.1 Å². The van der Waals surface area contributed by atoms with Crippen LogP contribution in [0.1, 0.15) is 49.7 Å². The highest BCUT2D eigenvalue weighted by Gasteiger charge is 2.35. The van der Waals surface area contributed by atoms with Crippen LogP contribution in [0, 0.1) is 5.41 Å². The lowest BCUT2D eigenvalue weighted by Crippen LogP contribution is -2.35. The van der Waals surface area contributed by atoms with E-state index >= 15 is 0 Å². The lowest BCUT2D eigenvalue weighted by Gasteiger charge is -2.38. The average molecular weight is 472 g/mol. The van der Waals surface area contributed by atoms with Gasteiger partial charge in [-0.25, -0.2) is 4.79 Å². The summed E-state index contributed by atoms with van der Waals surface area (Å²) in [7, 11) is 0. The van der Waals surface area contributed by atoms with Crippen LogP contribution in [0.3, 0.4) is 0 Å². The molecule has 7 nitrogen and oxygen atoms in total. The molecule has 2 aromatic carbocycles. The summed E-state index contributed by atoms with van der Waals surface area (Å²) >= 11 is 0. The minimum absolute atomic E-state index is 0.0261. The number of benzene rings is 2. The minimum Gasteiger partial charge on any atom is -0.487 e. The topological polar surface area (TPSA) is 75.3 Å². The van der Waals surface area contributed by atoms with E-state index in [9.17, 15) is 9.59 Å². The molecule has 35 heavy (non-hydrogen) atoms. The number of carbonyl (C=O) groups is 1. The number of rotatable bonds is 5. The second kappa shape index (κ2) is 8.73. The largest absolute Gasteiger partial charge is 0.487 e. The van der Waals surface area contributed by atoms with Crippen molar-refractivity contribution in [1.29, 1.82) is 0 Å². The highest BCUT2D eigenvalue weighted by molar-refractivity contribution is 5.97. The van der Waals surface area contributed by atoms with Crippen LogP contribution in [0.15, 0.2) is 65.6 Å². The fourth-order valence-corrected chi connectivity index (χ4v) is 4.68. The van der Waals surface area contributed by atoms with Gasteiger partial charge in [0.2, 0.25) is 0 Å². The molecule has 0 amide bonds. The van der Waals surface area contributed by atoms with E-state index in [2.05, 4.69) is 20.8 Å². The zero-order valence-electron chi connectivity index (χ0n) is 20.4. The Balaban J connectivity index is 1.65. The molecule has 180 valence electrons. The first-order valence-electron chi connectivity index (χ1n) is 11.9. The summed E-state index contributed by atoms with van der Waals surface area (Å²) in [5.74, 6) is 0.0959. The molecule has 0 N–H and O–H groups in total. The number of pyridine rings is 1. The van der Waals surface area contributed by atoms with Gasteiger partial charge in [-0.2, -0.15) is 5.10 Å². The summed E-state index contributed by atoms with van der Waals surface area (Å²) in [4.78, 5) is 25.5. The van der Waals surface area contributed by atoms with Gasteiger partial charge >= 0.3 is 5.97 Å². The van der Waals surface area contributed by atoms with Crippen LogP contribution >= 0.6 is 0 Å². The van der Waals surface area contributed by atoms with Crippen LogP contribution in [-0.2, 0) is 17.9 Å². The first-order chi connectivity index (χ1) is 16.8. The smallest absolute Gasteiger partial charge is 0.343 e. The number of carbonyl (C=O) groups excluding carboxylic acids is 1. The van der Waals surface area contributed by atoms with Crippen molar-refractivity contribution < 1.29 is 14.3 Å². The number of hydrogen-bond donors (Lipinski definition) is 0. The maximum atomic E-state index is 13.0. The summed E-state index contributed by atoms with van der Waals surface area (Å²) in [6, 6.07) is 17.4. The van der Waals surface area contributed by atoms with Crippen molar-refractivity contribution in [3.05, 3.63) is 82.1 Å². The quantitative estimate of drug-likeness (QED) is 0.373. The molecule has 7 heteroatoms. The number of esters is 1. The van der Waals surface area contributed by atoms with Gasteiger partial charge < -0.3 is 14.0 Å². The third-order valence-electron chi connectivity index (χ3n) is 6.47. The molecule has 0 aliphatic carbocycles. The molecule has 4 aromatic rings. The monoisotopic (exact) mass is 471 g/mol. The maximum absolute atomic E-state index is 13.0. The van der Waals surface area contributed by atoms with Gasteiger partial charge in [0.1, 0.15) is 23.4 Å². The third kappa shape index (κ3) is 4.11. The fourth-order valence-electron chi connectivity index (χ4n) is 4.68. The average Bonchev–Trinajstić information content (AvgIpc) is 3.21. The number of ether oxygens (including phenoxy) is 2. The number of hydrogen-bond acceptors (Lipinski definition) is 5. The van der Waals surface area contributed by atoms with Crippen LogP contribution in [0.2, 0.25) is 0 Å². The molecule has 0 bridgehead atoms. The summed E-state index contributed by atoms with van der Waals surface area (Å²) in [6.45, 7) is 9.42. The number of fused-ring (bicyclic) bond motifs is 5. The van der Waals surface area contributed by atoms with Crippen molar-refractivity contribution in [1.82, 2.24) is 14.3 Å². The van der Waals surface area contributed by atoms with E-state index in [1.54, 1.807) is 13.1 Å². The zero-order chi connectivity index (χ0) is 24.7. The van der Waals surface area contributed by atoms with E-state index in [0.29, 0.717) is 18.9 Å². The standard InChI is InChI=1S/C28H29N3O4/c1-5-34-27(33)20-15-30-21(14-22(20)32)26-19-12-9-13-23(35-17-18-10-7-6-8-11-18)25(19)29-31(26)16-24(30)28(2,3)4/h6-15,24H,5,16-17H2,1-4H3. The molecule has 2 aromatic heterocycles. The molecule has 0 radical (unpaired) electrons. The van der Waals surface area contributed by atoms with Crippen LogP contribution in [0.25, 0.3) is 22.3 Å². The molecule has 1 aliphatic heterocycles. The van der Waals surface area contributed by atoms with Gasteiger partial charge in [-0.3, -0.25) is 9.48 Å².